The van der Waals surface area contributed by atoms with Crippen molar-refractivity contribution in [3.8, 4) is 0 Å². The Balaban J connectivity index is 1.57. The molecule has 0 radical (unpaired) electrons. The maximum absolute atomic E-state index is 12.7. The van der Waals surface area contributed by atoms with Crippen LogP contribution in [0.15, 0.2) is 76.9 Å². The van der Waals surface area contributed by atoms with Gasteiger partial charge < -0.3 is 4.98 Å². The van der Waals surface area contributed by atoms with E-state index < -0.39 is 20.6 Å². The zero-order valence-electron chi connectivity index (χ0n) is 17.9. The van der Waals surface area contributed by atoms with Crippen molar-refractivity contribution in [2.75, 3.05) is 10.1 Å². The van der Waals surface area contributed by atoms with Crippen LogP contribution in [0.2, 0.25) is 5.02 Å². The summed E-state index contributed by atoms with van der Waals surface area (Å²) < 4.78 is 27.8. The van der Waals surface area contributed by atoms with Gasteiger partial charge in [0.1, 0.15) is 5.69 Å². The van der Waals surface area contributed by atoms with Crippen LogP contribution in [0.1, 0.15) is 18.1 Å². The molecule has 0 bridgehead atoms. The SMILES string of the molecule is CCc1cccc2c(/C=N/Nc3ccc(S(=O)(=O)Nc4ccc(Cl)cc4)cc3[N+](=O)[O-])c[nH]c12. The van der Waals surface area contributed by atoms with Crippen molar-refractivity contribution in [1.82, 2.24) is 4.98 Å². The Labute approximate surface area is 200 Å². The smallest absolute Gasteiger partial charge is 0.295 e. The van der Waals surface area contributed by atoms with E-state index in [0.717, 1.165) is 29.0 Å². The van der Waals surface area contributed by atoms with Gasteiger partial charge in [0, 0.05) is 39.4 Å². The van der Waals surface area contributed by atoms with E-state index in [1.807, 2.05) is 24.4 Å². The predicted octanol–water partition coefficient (Wildman–Crippen LogP) is 5.54. The van der Waals surface area contributed by atoms with Crippen molar-refractivity contribution < 1.29 is 13.3 Å². The molecule has 0 saturated heterocycles. The van der Waals surface area contributed by atoms with Crippen molar-refractivity contribution in [2.45, 2.75) is 18.2 Å². The number of anilines is 2. The summed E-state index contributed by atoms with van der Waals surface area (Å²) in [6, 6.07) is 15.6. The Kier molecular flexibility index (Phi) is 6.53. The number of aromatic nitrogens is 1. The van der Waals surface area contributed by atoms with Crippen molar-refractivity contribution >= 4 is 55.8 Å². The van der Waals surface area contributed by atoms with Gasteiger partial charge >= 0.3 is 0 Å². The van der Waals surface area contributed by atoms with Crippen molar-refractivity contribution in [3.05, 3.63) is 93.1 Å². The molecular weight excluding hydrogens is 478 g/mol. The number of benzene rings is 3. The first-order chi connectivity index (χ1) is 16.3. The number of H-pyrrole nitrogens is 1. The van der Waals surface area contributed by atoms with Crippen LogP contribution in [0.3, 0.4) is 0 Å². The molecule has 0 amide bonds. The summed E-state index contributed by atoms with van der Waals surface area (Å²) in [5.74, 6) is 0. The van der Waals surface area contributed by atoms with Gasteiger partial charge in [-0.25, -0.2) is 8.42 Å². The quantitative estimate of drug-likeness (QED) is 0.167. The second-order valence-electron chi connectivity index (χ2n) is 7.36. The number of nitro groups is 1. The zero-order valence-corrected chi connectivity index (χ0v) is 19.5. The molecule has 0 aliphatic heterocycles. The number of nitro benzene ring substituents is 1. The highest BCUT2D eigenvalue weighted by Crippen LogP contribution is 2.29. The third-order valence-corrected chi connectivity index (χ3v) is 6.81. The fourth-order valence-corrected chi connectivity index (χ4v) is 4.67. The van der Waals surface area contributed by atoms with Crippen LogP contribution in [-0.4, -0.2) is 24.5 Å². The van der Waals surface area contributed by atoms with Crippen LogP contribution in [0, 0.1) is 10.1 Å². The van der Waals surface area contributed by atoms with E-state index in [2.05, 4.69) is 27.2 Å². The van der Waals surface area contributed by atoms with E-state index in [4.69, 9.17) is 11.6 Å². The number of nitrogens with one attached hydrogen (secondary N) is 3. The van der Waals surface area contributed by atoms with Crippen LogP contribution in [0.25, 0.3) is 10.9 Å². The number of hydrogen-bond donors (Lipinski definition) is 3. The molecular formula is C23H20ClN5O4S. The zero-order chi connectivity index (χ0) is 24.3. The fourth-order valence-electron chi connectivity index (χ4n) is 3.47. The number of hydrogen-bond acceptors (Lipinski definition) is 6. The summed E-state index contributed by atoms with van der Waals surface area (Å²) in [6.45, 7) is 2.07. The summed E-state index contributed by atoms with van der Waals surface area (Å²) in [5, 5.41) is 17.2. The van der Waals surface area contributed by atoms with Crippen molar-refractivity contribution in [1.29, 1.82) is 0 Å². The van der Waals surface area contributed by atoms with E-state index in [1.165, 1.54) is 42.0 Å². The molecule has 0 aliphatic rings. The highest BCUT2D eigenvalue weighted by molar-refractivity contribution is 7.92. The molecule has 4 rings (SSSR count). The molecule has 1 aromatic heterocycles. The average molecular weight is 498 g/mol. The predicted molar refractivity (Wildman–Crippen MR) is 134 cm³/mol. The Morgan fingerprint density at radius 1 is 1.15 bits per heavy atom. The van der Waals surface area contributed by atoms with Gasteiger partial charge in [0.2, 0.25) is 0 Å². The van der Waals surface area contributed by atoms with E-state index in [0.29, 0.717) is 5.02 Å². The third kappa shape index (κ3) is 4.87. The lowest BCUT2D eigenvalue weighted by molar-refractivity contribution is -0.384. The molecule has 9 nitrogen and oxygen atoms in total. The third-order valence-electron chi connectivity index (χ3n) is 5.18. The maximum atomic E-state index is 12.7. The molecule has 11 heteroatoms. The molecule has 174 valence electrons. The van der Waals surface area contributed by atoms with Gasteiger partial charge in [-0.3, -0.25) is 20.3 Å². The lowest BCUT2D eigenvalue weighted by atomic mass is 10.1. The molecule has 0 unspecified atom stereocenters. The number of rotatable bonds is 8. The van der Waals surface area contributed by atoms with Gasteiger partial charge in [-0.05, 0) is 48.4 Å². The number of para-hydroxylation sites is 1. The molecule has 0 fully saturated rings. The van der Waals surface area contributed by atoms with Crippen LogP contribution < -0.4 is 10.1 Å². The lowest BCUT2D eigenvalue weighted by Gasteiger charge is -2.09. The number of sulfonamides is 1. The number of nitrogens with zero attached hydrogens (tertiary/aromatic N) is 2. The normalized spacial score (nSPS) is 11.7. The summed E-state index contributed by atoms with van der Waals surface area (Å²) in [4.78, 5) is 13.9. The van der Waals surface area contributed by atoms with Crippen molar-refractivity contribution in [3.63, 3.8) is 0 Å². The van der Waals surface area contributed by atoms with Crippen LogP contribution in [-0.2, 0) is 16.4 Å². The molecule has 3 aromatic carbocycles. The Morgan fingerprint density at radius 3 is 2.62 bits per heavy atom. The highest BCUT2D eigenvalue weighted by Gasteiger charge is 2.21. The van der Waals surface area contributed by atoms with Gasteiger partial charge in [0.05, 0.1) is 16.0 Å². The largest absolute Gasteiger partial charge is 0.360 e. The summed E-state index contributed by atoms with van der Waals surface area (Å²) >= 11 is 5.82. The fraction of sp³-hybridized carbons (Fsp3) is 0.0870. The number of aryl methyl sites for hydroxylation is 1. The first-order valence-electron chi connectivity index (χ1n) is 10.2. The van der Waals surface area contributed by atoms with E-state index >= 15 is 0 Å². The number of fused-ring (bicyclic) bond motifs is 1. The maximum Gasteiger partial charge on any atom is 0.295 e. The molecule has 4 aromatic rings. The van der Waals surface area contributed by atoms with Gasteiger partial charge in [0.15, 0.2) is 0 Å². The molecule has 0 aliphatic carbocycles. The number of halogens is 1. The molecule has 0 saturated carbocycles. The lowest BCUT2D eigenvalue weighted by Crippen LogP contribution is -2.13. The minimum atomic E-state index is -4.05. The summed E-state index contributed by atoms with van der Waals surface area (Å²) in [5.41, 5.74) is 5.55. The number of aromatic amines is 1. The first kappa shape index (κ1) is 23.3. The van der Waals surface area contributed by atoms with Gasteiger partial charge in [-0.2, -0.15) is 5.10 Å². The monoisotopic (exact) mass is 497 g/mol. The molecule has 0 atom stereocenters. The van der Waals surface area contributed by atoms with E-state index in [-0.39, 0.29) is 16.3 Å². The second kappa shape index (κ2) is 9.54. The highest BCUT2D eigenvalue weighted by atomic mass is 35.5. The Hall–Kier alpha value is -3.89. The minimum absolute atomic E-state index is 0.0563. The van der Waals surface area contributed by atoms with Gasteiger partial charge in [-0.1, -0.05) is 36.7 Å². The van der Waals surface area contributed by atoms with Crippen LogP contribution in [0.4, 0.5) is 17.1 Å². The first-order valence-corrected chi connectivity index (χ1v) is 12.1. The molecule has 1 heterocycles. The average Bonchev–Trinajstić information content (AvgIpc) is 3.23. The van der Waals surface area contributed by atoms with Crippen LogP contribution in [0.5, 0.6) is 0 Å². The molecule has 0 spiro atoms. The Bertz CT molecular complexity index is 1500. The standard InChI is InChI=1S/C23H20ClN5O4S/c1-2-15-4-3-5-20-16(13-25-23(15)20)14-26-27-21-11-10-19(12-22(21)29(30)31)34(32,33)28-18-8-6-17(24)7-9-18/h3-14,25,27-28H,2H2,1H3/b26-14+. The summed E-state index contributed by atoms with van der Waals surface area (Å²) in [6.07, 6.45) is 4.23. The Morgan fingerprint density at radius 2 is 1.91 bits per heavy atom. The second-order valence-corrected chi connectivity index (χ2v) is 9.47. The topological polar surface area (TPSA) is 129 Å². The molecule has 34 heavy (non-hydrogen) atoms. The van der Waals surface area contributed by atoms with Gasteiger partial charge in [0.25, 0.3) is 15.7 Å². The van der Waals surface area contributed by atoms with Crippen LogP contribution >= 0.6 is 11.6 Å². The minimum Gasteiger partial charge on any atom is -0.360 e. The number of hydrazone groups is 1. The summed E-state index contributed by atoms with van der Waals surface area (Å²) in [7, 11) is -4.05. The van der Waals surface area contributed by atoms with E-state index in [9.17, 15) is 18.5 Å². The molecule has 3 N–H and O–H groups in total. The van der Waals surface area contributed by atoms with Crippen molar-refractivity contribution in [2.24, 2.45) is 5.10 Å². The van der Waals surface area contributed by atoms with E-state index in [1.54, 1.807) is 6.21 Å². The van der Waals surface area contributed by atoms with Gasteiger partial charge in [-0.15, -0.1) is 0 Å².